The predicted molar refractivity (Wildman–Crippen MR) is 145 cm³/mol. The van der Waals surface area contributed by atoms with Gasteiger partial charge in [0.15, 0.2) is 6.10 Å². The number of nitrogens with zero attached hydrogens (tertiary/aromatic N) is 1. The van der Waals surface area contributed by atoms with Gasteiger partial charge in [-0.05, 0) is 63.7 Å². The molecule has 2 unspecified atom stereocenters. The number of rotatable bonds is 7. The highest BCUT2D eigenvalue weighted by Gasteiger charge is 2.49. The van der Waals surface area contributed by atoms with Crippen molar-refractivity contribution in [2.24, 2.45) is 17.3 Å². The number of aliphatic hydroxyl groups is 1. The molecule has 0 bridgehead atoms. The zero-order chi connectivity index (χ0) is 28.8. The molecule has 2 aliphatic rings. The Labute approximate surface area is 226 Å². The molecule has 2 rings (SSSR count). The maximum Gasteiger partial charge on any atom is 0.408 e. The fourth-order valence-electron chi connectivity index (χ4n) is 5.20. The summed E-state index contributed by atoms with van der Waals surface area (Å²) in [6, 6.07) is -2.61. The maximum atomic E-state index is 13.8. The number of amides is 4. The van der Waals surface area contributed by atoms with Crippen molar-refractivity contribution >= 4 is 23.8 Å². The number of hydrogen-bond donors (Lipinski definition) is 4. The molecule has 2 aliphatic heterocycles. The highest BCUT2D eigenvalue weighted by atomic mass is 16.6. The van der Waals surface area contributed by atoms with Crippen molar-refractivity contribution in [2.45, 2.75) is 97.1 Å². The van der Waals surface area contributed by atoms with Gasteiger partial charge in [-0.2, -0.15) is 0 Å². The topological polar surface area (TPSA) is 137 Å². The fraction of sp³-hybridized carbons (Fsp3) is 0.714. The fourth-order valence-corrected chi connectivity index (χ4v) is 5.20. The van der Waals surface area contributed by atoms with E-state index in [-0.39, 0.29) is 24.3 Å². The minimum Gasteiger partial charge on any atom is -0.444 e. The summed E-state index contributed by atoms with van der Waals surface area (Å²) >= 11 is 0. The quantitative estimate of drug-likeness (QED) is 0.370. The first-order valence-corrected chi connectivity index (χ1v) is 13.4. The summed E-state index contributed by atoms with van der Waals surface area (Å²) in [5.74, 6) is -1.73. The van der Waals surface area contributed by atoms with Gasteiger partial charge in [-0.3, -0.25) is 14.4 Å². The lowest BCUT2D eigenvalue weighted by Gasteiger charge is -2.37. The number of allylic oxidation sites excluding steroid dienone is 1. The van der Waals surface area contributed by atoms with E-state index in [1.807, 2.05) is 20.8 Å². The molecule has 2 saturated heterocycles. The summed E-state index contributed by atoms with van der Waals surface area (Å²) in [6.45, 7) is 19.1. The van der Waals surface area contributed by atoms with Gasteiger partial charge < -0.3 is 30.7 Å². The van der Waals surface area contributed by atoms with Crippen molar-refractivity contribution in [3.05, 3.63) is 25.3 Å². The molecule has 2 fully saturated rings. The molecule has 2 heterocycles. The van der Waals surface area contributed by atoms with Crippen LogP contribution in [0.2, 0.25) is 0 Å². The molecule has 10 nitrogen and oxygen atoms in total. The van der Waals surface area contributed by atoms with Crippen LogP contribution in [0.5, 0.6) is 0 Å². The zero-order valence-corrected chi connectivity index (χ0v) is 23.7. The van der Waals surface area contributed by atoms with E-state index >= 15 is 0 Å². The first kappa shape index (κ1) is 31.3. The molecule has 4 N–H and O–H groups in total. The van der Waals surface area contributed by atoms with Crippen LogP contribution in [0.4, 0.5) is 4.79 Å². The largest absolute Gasteiger partial charge is 0.444 e. The second kappa shape index (κ2) is 12.8. The lowest BCUT2D eigenvalue weighted by molar-refractivity contribution is -0.143. The van der Waals surface area contributed by atoms with E-state index in [2.05, 4.69) is 29.1 Å². The smallest absolute Gasteiger partial charge is 0.408 e. The minimum atomic E-state index is -1.48. The Kier molecular flexibility index (Phi) is 10.5. The third-order valence-corrected chi connectivity index (χ3v) is 7.42. The van der Waals surface area contributed by atoms with Gasteiger partial charge >= 0.3 is 6.09 Å². The van der Waals surface area contributed by atoms with Crippen LogP contribution < -0.4 is 16.0 Å². The third-order valence-electron chi connectivity index (χ3n) is 7.42. The Morgan fingerprint density at radius 3 is 2.42 bits per heavy atom. The van der Waals surface area contributed by atoms with Crippen LogP contribution in [0.15, 0.2) is 25.3 Å². The number of carbonyl (C=O) groups is 4. The monoisotopic (exact) mass is 534 g/mol. The summed E-state index contributed by atoms with van der Waals surface area (Å²) in [7, 11) is 0. The molecule has 6 atom stereocenters. The van der Waals surface area contributed by atoms with Crippen molar-refractivity contribution in [1.82, 2.24) is 20.9 Å². The molecule has 0 radical (unpaired) electrons. The van der Waals surface area contributed by atoms with E-state index in [1.54, 1.807) is 26.8 Å². The molecule has 10 heteroatoms. The first-order chi connectivity index (χ1) is 17.6. The Morgan fingerprint density at radius 2 is 1.84 bits per heavy atom. The number of alkyl carbamates (subject to hydrolysis) is 1. The number of nitrogens with one attached hydrogen (secondary N) is 3. The van der Waals surface area contributed by atoms with Gasteiger partial charge in [0.1, 0.15) is 17.7 Å². The molecule has 0 spiro atoms. The Balaban J connectivity index is 2.45. The van der Waals surface area contributed by atoms with Gasteiger partial charge in [-0.1, -0.05) is 32.9 Å². The van der Waals surface area contributed by atoms with E-state index in [4.69, 9.17) is 4.74 Å². The number of fused-ring (bicyclic) bond motifs is 1. The summed E-state index contributed by atoms with van der Waals surface area (Å²) < 4.78 is 5.40. The number of carbonyl (C=O) groups excluding carboxylic acids is 4. The molecular formula is C28H46N4O6. The van der Waals surface area contributed by atoms with Gasteiger partial charge in [0.05, 0.1) is 6.04 Å². The Morgan fingerprint density at radius 1 is 1.18 bits per heavy atom. The Bertz CT molecular complexity index is 912. The molecule has 0 saturated carbocycles. The predicted octanol–water partition coefficient (Wildman–Crippen LogP) is 2.28. The van der Waals surface area contributed by atoms with Gasteiger partial charge in [-0.25, -0.2) is 4.79 Å². The van der Waals surface area contributed by atoms with Gasteiger partial charge in [0, 0.05) is 13.1 Å². The van der Waals surface area contributed by atoms with E-state index < -0.39 is 53.2 Å². The molecule has 0 aliphatic carbocycles. The lowest BCUT2D eigenvalue weighted by Crippen LogP contribution is -2.59. The second-order valence-electron chi connectivity index (χ2n) is 12.1. The van der Waals surface area contributed by atoms with Crippen molar-refractivity contribution in [3.8, 4) is 0 Å². The van der Waals surface area contributed by atoms with Crippen LogP contribution in [0.1, 0.15) is 67.2 Å². The van der Waals surface area contributed by atoms with Gasteiger partial charge in [0.25, 0.3) is 5.91 Å². The van der Waals surface area contributed by atoms with Crippen molar-refractivity contribution in [2.75, 3.05) is 13.1 Å². The minimum absolute atomic E-state index is 0.0776. The summed E-state index contributed by atoms with van der Waals surface area (Å²) in [5, 5.41) is 19.1. The average Bonchev–Trinajstić information content (AvgIpc) is 3.28. The van der Waals surface area contributed by atoms with Crippen LogP contribution in [-0.2, 0) is 19.1 Å². The lowest BCUT2D eigenvalue weighted by atomic mass is 9.74. The molecule has 4 amide bonds. The normalized spacial score (nSPS) is 27.8. The highest BCUT2D eigenvalue weighted by Crippen LogP contribution is 2.40. The average molecular weight is 535 g/mol. The van der Waals surface area contributed by atoms with E-state index in [0.717, 1.165) is 0 Å². The number of hydrogen-bond acceptors (Lipinski definition) is 6. The highest BCUT2D eigenvalue weighted by molar-refractivity contribution is 5.93. The van der Waals surface area contributed by atoms with Crippen molar-refractivity contribution in [1.29, 1.82) is 0 Å². The standard InChI is InChI=1S/C28H46N4O6/c1-9-14-29-24(35)22(33)20-16-17(3)11-12-19(31-26(37)38-27(4,5)6)25(36)32-15-13-18(28(7,8)10-2)21(32)23(34)30-20/h9-10,17-22,33H,1-2,11-16H2,3-8H3,(H,29,35)(H,30,34)(H,31,37)/t17?,18-,19-,20-,21-,22?/m0/s1. The van der Waals surface area contributed by atoms with Crippen LogP contribution in [0.3, 0.4) is 0 Å². The van der Waals surface area contributed by atoms with Crippen molar-refractivity contribution < 1.29 is 29.0 Å². The van der Waals surface area contributed by atoms with E-state index in [1.165, 1.54) is 11.0 Å². The SMILES string of the molecule is C=CCNC(=O)C(O)[C@@H]1CC(C)CC[C@H](NC(=O)OC(C)(C)C)C(=O)N2CC[C@H](C(C)(C)C=C)[C@H]2C(=O)N1. The van der Waals surface area contributed by atoms with Crippen LogP contribution in [-0.4, -0.2) is 76.7 Å². The molecular weight excluding hydrogens is 488 g/mol. The molecule has 0 aromatic heterocycles. The Hall–Kier alpha value is -2.88. The summed E-state index contributed by atoms with van der Waals surface area (Å²) in [4.78, 5) is 54.4. The molecule has 38 heavy (non-hydrogen) atoms. The first-order valence-electron chi connectivity index (χ1n) is 13.4. The molecule has 214 valence electrons. The third kappa shape index (κ3) is 8.06. The summed E-state index contributed by atoms with van der Waals surface area (Å²) in [5.41, 5.74) is -1.22. The number of ether oxygens (including phenoxy) is 1. The molecule has 0 aromatic carbocycles. The van der Waals surface area contributed by atoms with Crippen LogP contribution in [0, 0.1) is 17.3 Å². The van der Waals surface area contributed by atoms with E-state index in [9.17, 15) is 24.3 Å². The maximum absolute atomic E-state index is 13.8. The number of aliphatic hydroxyl groups excluding tert-OH is 1. The second-order valence-corrected chi connectivity index (χ2v) is 12.1. The van der Waals surface area contributed by atoms with Crippen LogP contribution in [0.25, 0.3) is 0 Å². The van der Waals surface area contributed by atoms with E-state index in [0.29, 0.717) is 32.2 Å². The van der Waals surface area contributed by atoms with Crippen LogP contribution >= 0.6 is 0 Å². The van der Waals surface area contributed by atoms with Gasteiger partial charge in [0.2, 0.25) is 11.8 Å². The summed E-state index contributed by atoms with van der Waals surface area (Å²) in [6.07, 6.45) is 2.80. The zero-order valence-electron chi connectivity index (χ0n) is 23.7. The van der Waals surface area contributed by atoms with Gasteiger partial charge in [-0.15, -0.1) is 13.2 Å². The molecule has 0 aromatic rings. The van der Waals surface area contributed by atoms with Crippen molar-refractivity contribution in [3.63, 3.8) is 0 Å².